The van der Waals surface area contributed by atoms with Crippen LogP contribution in [0.1, 0.15) is 70.3 Å². The highest BCUT2D eigenvalue weighted by atomic mass is 127. The highest BCUT2D eigenvalue weighted by molar-refractivity contribution is 14.1. The quantitative estimate of drug-likeness (QED) is 0.120. The number of rotatable bonds is 10. The Labute approximate surface area is 285 Å². The zero-order valence-electron chi connectivity index (χ0n) is 26.6. The first kappa shape index (κ1) is 33.1. The Kier molecular flexibility index (Phi) is 10.4. The van der Waals surface area contributed by atoms with E-state index in [1.54, 1.807) is 12.0 Å². The van der Waals surface area contributed by atoms with Gasteiger partial charge in [-0.3, -0.25) is 14.5 Å². The molecule has 0 spiro atoms. The van der Waals surface area contributed by atoms with Crippen molar-refractivity contribution in [3.63, 3.8) is 0 Å². The third kappa shape index (κ3) is 6.76. The minimum absolute atomic E-state index is 0.0220. The summed E-state index contributed by atoms with van der Waals surface area (Å²) >= 11 is 2.10. The summed E-state index contributed by atoms with van der Waals surface area (Å²) < 4.78 is 18.6. The van der Waals surface area contributed by atoms with Crippen LogP contribution in [0.3, 0.4) is 0 Å². The number of hydrogen-bond donors (Lipinski definition) is 2. The van der Waals surface area contributed by atoms with Crippen LogP contribution in [0.15, 0.2) is 59.2 Å². The summed E-state index contributed by atoms with van der Waals surface area (Å²) in [7, 11) is 0.525. The predicted molar refractivity (Wildman–Crippen MR) is 185 cm³/mol. The van der Waals surface area contributed by atoms with Crippen LogP contribution >= 0.6 is 22.6 Å². The van der Waals surface area contributed by atoms with E-state index < -0.39 is 25.1 Å². The van der Waals surface area contributed by atoms with Gasteiger partial charge in [0.1, 0.15) is 12.4 Å². The molecule has 2 aromatic carbocycles. The maximum Gasteiger partial charge on any atom is 0.455 e. The molecule has 2 saturated heterocycles. The van der Waals surface area contributed by atoms with Gasteiger partial charge in [0.05, 0.1) is 28.6 Å². The summed E-state index contributed by atoms with van der Waals surface area (Å²) in [6.45, 7) is 2.42. The van der Waals surface area contributed by atoms with Gasteiger partial charge in [-0.05, 0) is 114 Å². The van der Waals surface area contributed by atoms with E-state index in [9.17, 15) is 19.7 Å². The number of allylic oxidation sites excluding steroid dienone is 1. The fourth-order valence-corrected chi connectivity index (χ4v) is 8.67. The summed E-state index contributed by atoms with van der Waals surface area (Å²) in [5.41, 5.74) is 4.17. The summed E-state index contributed by atoms with van der Waals surface area (Å²) in [6, 6.07) is 13.4. The largest absolute Gasteiger partial charge is 0.504 e. The molecule has 6 rings (SSSR count). The van der Waals surface area contributed by atoms with E-state index in [-0.39, 0.29) is 29.5 Å². The second-order valence-corrected chi connectivity index (χ2v) is 14.2. The maximum atomic E-state index is 14.1. The van der Waals surface area contributed by atoms with Gasteiger partial charge in [0.25, 0.3) is 0 Å². The van der Waals surface area contributed by atoms with E-state index in [1.807, 2.05) is 42.5 Å². The van der Waals surface area contributed by atoms with Gasteiger partial charge in [0.2, 0.25) is 11.8 Å². The number of carbonyl (C=O) groups is 2. The van der Waals surface area contributed by atoms with Crippen LogP contribution in [0.25, 0.3) is 6.08 Å². The molecule has 2 amide bonds. The Morgan fingerprint density at radius 2 is 1.87 bits per heavy atom. The van der Waals surface area contributed by atoms with Gasteiger partial charge in [0, 0.05) is 6.04 Å². The van der Waals surface area contributed by atoms with Crippen molar-refractivity contribution in [3.8, 4) is 17.2 Å². The molecule has 4 aliphatic rings. The number of nitrogens with zero attached hydrogens (tertiary/aromatic N) is 1. The van der Waals surface area contributed by atoms with Crippen molar-refractivity contribution < 1.29 is 33.8 Å². The number of phenolic OH excluding ortho intramolecular Hbond substituents is 1. The average molecular weight is 739 g/mol. The number of fused-ring (bicyclic) bond motifs is 3. The molecule has 2 heterocycles. The third-order valence-corrected chi connectivity index (χ3v) is 11.1. The molecule has 2 N–H and O–H groups in total. The fourth-order valence-electron chi connectivity index (χ4n) is 8.04. The van der Waals surface area contributed by atoms with Crippen molar-refractivity contribution in [2.45, 2.75) is 83.2 Å². The van der Waals surface area contributed by atoms with Crippen molar-refractivity contribution in [1.29, 1.82) is 0 Å². The fraction of sp³-hybridized carbons (Fsp3) is 0.500. The van der Waals surface area contributed by atoms with Crippen LogP contribution in [-0.2, 0) is 14.2 Å². The zero-order valence-corrected chi connectivity index (χ0v) is 28.8. The van der Waals surface area contributed by atoms with Crippen molar-refractivity contribution in [3.05, 3.63) is 68.3 Å². The lowest BCUT2D eigenvalue weighted by atomic mass is 9.58. The lowest BCUT2D eigenvalue weighted by Gasteiger charge is -2.43. The molecule has 10 heteroatoms. The Hall–Kier alpha value is -2.83. The van der Waals surface area contributed by atoms with Crippen LogP contribution in [-0.4, -0.2) is 59.8 Å². The zero-order chi connectivity index (χ0) is 32.4. The SMILES string of the molecule is CC/C(=C\c1cc(I)c(O)c(OC)c1)CC[C@H]1OB(O)C[C@H]2C1=C(COc1ccccc1)C[C@H]1C(=O)N(C3CCCCC3)C(=O)[C@H]12. The molecule has 2 aliphatic carbocycles. The summed E-state index contributed by atoms with van der Waals surface area (Å²) in [6.07, 6.45) is 9.60. The highest BCUT2D eigenvalue weighted by Gasteiger charge is 2.58. The smallest absolute Gasteiger partial charge is 0.455 e. The molecule has 0 unspecified atom stereocenters. The van der Waals surface area contributed by atoms with Gasteiger partial charge < -0.3 is 24.3 Å². The van der Waals surface area contributed by atoms with Gasteiger partial charge in [-0.15, -0.1) is 0 Å². The van der Waals surface area contributed by atoms with E-state index in [1.165, 1.54) is 5.57 Å². The number of aromatic hydroxyl groups is 1. The van der Waals surface area contributed by atoms with Gasteiger partial charge in [0.15, 0.2) is 11.5 Å². The number of hydrogen-bond acceptors (Lipinski definition) is 7. The van der Waals surface area contributed by atoms with E-state index in [2.05, 4.69) is 35.6 Å². The lowest BCUT2D eigenvalue weighted by Crippen LogP contribution is -2.47. The second kappa shape index (κ2) is 14.5. The highest BCUT2D eigenvalue weighted by Crippen LogP contribution is 2.51. The van der Waals surface area contributed by atoms with Crippen LogP contribution in [0.2, 0.25) is 6.32 Å². The van der Waals surface area contributed by atoms with Crippen molar-refractivity contribution in [1.82, 2.24) is 4.90 Å². The molecule has 2 aromatic rings. The summed E-state index contributed by atoms with van der Waals surface area (Å²) in [4.78, 5) is 29.7. The Bertz CT molecular complexity index is 1510. The Balaban J connectivity index is 1.30. The number of phenols is 1. The van der Waals surface area contributed by atoms with Gasteiger partial charge in [-0.1, -0.05) is 56.0 Å². The number of imide groups is 1. The first-order chi connectivity index (χ1) is 22.3. The lowest BCUT2D eigenvalue weighted by molar-refractivity contribution is -0.143. The molecule has 46 heavy (non-hydrogen) atoms. The molecule has 3 fully saturated rings. The third-order valence-electron chi connectivity index (χ3n) is 10.3. The van der Waals surface area contributed by atoms with Crippen LogP contribution in [0.4, 0.5) is 0 Å². The normalized spacial score (nSPS) is 25.5. The minimum atomic E-state index is -1.02. The topological polar surface area (TPSA) is 106 Å². The van der Waals surface area contributed by atoms with Gasteiger partial charge in [-0.2, -0.15) is 0 Å². The van der Waals surface area contributed by atoms with Crippen molar-refractivity contribution in [2.24, 2.45) is 17.8 Å². The summed E-state index contributed by atoms with van der Waals surface area (Å²) in [5, 5.41) is 21.3. The molecular weight excluding hydrogens is 696 g/mol. The number of amides is 2. The number of para-hydroxylation sites is 1. The van der Waals surface area contributed by atoms with E-state index in [0.717, 1.165) is 61.0 Å². The Morgan fingerprint density at radius 3 is 2.59 bits per heavy atom. The maximum absolute atomic E-state index is 14.1. The molecule has 8 nitrogen and oxygen atoms in total. The molecule has 0 aromatic heterocycles. The number of ether oxygens (including phenoxy) is 2. The van der Waals surface area contributed by atoms with Crippen LogP contribution in [0.5, 0.6) is 17.2 Å². The Morgan fingerprint density at radius 1 is 1.11 bits per heavy atom. The molecule has 0 radical (unpaired) electrons. The standard InChI is InChI=1S/C36H43BINO7/c1-3-22(16-23-17-29(38)34(40)31(18-23)44-2)14-15-30-32-24(21-45-26-12-8-5-9-13-26)19-27-33(28(32)20-37(43)46-30)36(42)39(35(27)41)25-10-6-4-7-11-25/h5,8-9,12-13,16-18,25,27-28,30,33,40,43H,3-4,6-7,10-11,14-15,19-21H2,1-2H3/b22-16+/t27-,28+,30-,33-/m1/s1. The number of likely N-dealkylation sites (tertiary alicyclic amines) is 1. The number of carbonyl (C=O) groups excluding carboxylic acids is 2. The first-order valence-electron chi connectivity index (χ1n) is 16.6. The molecule has 2 aliphatic heterocycles. The minimum Gasteiger partial charge on any atom is -0.504 e. The number of methoxy groups -OCH3 is 1. The van der Waals surface area contributed by atoms with Gasteiger partial charge in [-0.25, -0.2) is 0 Å². The van der Waals surface area contributed by atoms with E-state index in [4.69, 9.17) is 14.1 Å². The number of benzene rings is 2. The average Bonchev–Trinajstić information content (AvgIpc) is 3.32. The molecule has 1 saturated carbocycles. The monoisotopic (exact) mass is 739 g/mol. The van der Waals surface area contributed by atoms with E-state index in [0.29, 0.717) is 41.5 Å². The predicted octanol–water partition coefficient (Wildman–Crippen LogP) is 6.79. The van der Waals surface area contributed by atoms with Gasteiger partial charge >= 0.3 is 7.12 Å². The molecule has 244 valence electrons. The van der Waals surface area contributed by atoms with Crippen molar-refractivity contribution >= 4 is 47.6 Å². The second-order valence-electron chi connectivity index (χ2n) is 13.0. The number of halogens is 1. The molecule has 0 bridgehead atoms. The molecule has 4 atom stereocenters. The first-order valence-corrected chi connectivity index (χ1v) is 17.7. The van der Waals surface area contributed by atoms with Crippen molar-refractivity contribution in [2.75, 3.05) is 13.7 Å². The van der Waals surface area contributed by atoms with E-state index >= 15 is 0 Å². The van der Waals surface area contributed by atoms with Crippen LogP contribution in [0, 0.1) is 21.3 Å². The molecular formula is C36H43BINO7. The van der Waals surface area contributed by atoms with Crippen LogP contribution < -0.4 is 9.47 Å². The summed E-state index contributed by atoms with van der Waals surface area (Å²) in [5.74, 6) is 0.0117.